The lowest BCUT2D eigenvalue weighted by atomic mass is 9.99. The molecule has 1 fully saturated rings. The molecule has 0 radical (unpaired) electrons. The molecule has 1 amide bonds. The quantitative estimate of drug-likeness (QED) is 0.0426. The van der Waals surface area contributed by atoms with Crippen molar-refractivity contribution in [1.29, 1.82) is 0 Å². The zero-order valence-electron chi connectivity index (χ0n) is 30.3. The standard InChI is InChI=1S/C38H75NO8/c1-3-5-7-9-10-11-12-13-14-15-16-17-18-19-20-21-22-24-26-28-34(42)39-31(32(41)27-25-23-8-6-4-2)30-46-38-37(45)36(44)35(43)33(29-40)47-38/h31-33,35-38,40-41,43-45H,3-30H2,1-2H3,(H,39,42). The Bertz CT molecular complexity index is 711. The minimum absolute atomic E-state index is 0.135. The van der Waals surface area contributed by atoms with Gasteiger partial charge in [0, 0.05) is 6.42 Å². The summed E-state index contributed by atoms with van der Waals surface area (Å²) >= 11 is 0. The van der Waals surface area contributed by atoms with Gasteiger partial charge < -0.3 is 40.3 Å². The van der Waals surface area contributed by atoms with E-state index in [4.69, 9.17) is 9.47 Å². The zero-order chi connectivity index (χ0) is 34.5. The molecule has 0 aromatic rings. The van der Waals surface area contributed by atoms with Crippen LogP contribution in [-0.4, -0.2) is 87.5 Å². The molecule has 9 nitrogen and oxygen atoms in total. The van der Waals surface area contributed by atoms with Gasteiger partial charge in [-0.1, -0.05) is 162 Å². The summed E-state index contributed by atoms with van der Waals surface area (Å²) in [6.07, 6.45) is 23.0. The minimum Gasteiger partial charge on any atom is -0.394 e. The van der Waals surface area contributed by atoms with Gasteiger partial charge in [-0.2, -0.15) is 0 Å². The summed E-state index contributed by atoms with van der Waals surface area (Å²) in [5, 5.41) is 53.7. The van der Waals surface area contributed by atoms with Gasteiger partial charge in [-0.05, 0) is 12.8 Å². The average molecular weight is 674 g/mol. The normalized spacial score (nSPS) is 22.7. The van der Waals surface area contributed by atoms with Crippen molar-refractivity contribution in [3.05, 3.63) is 0 Å². The SMILES string of the molecule is CCCCCCCCCCCCCCCCCCCCCC(=O)NC(COC1OC(CO)C(O)C(O)C1O)C(O)CCCCCCC. The lowest BCUT2D eigenvalue weighted by Gasteiger charge is -2.40. The molecule has 47 heavy (non-hydrogen) atoms. The number of carbonyl (C=O) groups excluding carboxylic acids is 1. The van der Waals surface area contributed by atoms with Gasteiger partial charge in [-0.25, -0.2) is 0 Å². The maximum Gasteiger partial charge on any atom is 0.220 e. The zero-order valence-corrected chi connectivity index (χ0v) is 30.3. The number of hydrogen-bond acceptors (Lipinski definition) is 8. The maximum absolute atomic E-state index is 12.8. The maximum atomic E-state index is 12.8. The molecule has 280 valence electrons. The smallest absolute Gasteiger partial charge is 0.220 e. The summed E-state index contributed by atoms with van der Waals surface area (Å²) in [6.45, 7) is 3.74. The van der Waals surface area contributed by atoms with Gasteiger partial charge >= 0.3 is 0 Å². The lowest BCUT2D eigenvalue weighted by molar-refractivity contribution is -0.302. The predicted octanol–water partition coefficient (Wildman–Crippen LogP) is 6.83. The van der Waals surface area contributed by atoms with Crippen LogP contribution in [0, 0.1) is 0 Å². The number of unbranched alkanes of at least 4 members (excludes halogenated alkanes) is 22. The second-order valence-electron chi connectivity index (χ2n) is 14.1. The number of amides is 1. The van der Waals surface area contributed by atoms with Crippen molar-refractivity contribution < 1.29 is 39.8 Å². The average Bonchev–Trinajstić information content (AvgIpc) is 3.07. The van der Waals surface area contributed by atoms with Crippen molar-refractivity contribution in [3.63, 3.8) is 0 Å². The molecule has 1 rings (SSSR count). The summed E-state index contributed by atoms with van der Waals surface area (Å²) in [4.78, 5) is 12.8. The molecule has 1 heterocycles. The first-order valence-electron chi connectivity index (χ1n) is 19.7. The van der Waals surface area contributed by atoms with Crippen molar-refractivity contribution in [2.45, 2.75) is 224 Å². The predicted molar refractivity (Wildman–Crippen MR) is 189 cm³/mol. The molecule has 0 aromatic carbocycles. The van der Waals surface area contributed by atoms with Crippen LogP contribution in [0.2, 0.25) is 0 Å². The van der Waals surface area contributed by atoms with Crippen LogP contribution in [-0.2, 0) is 14.3 Å². The Morgan fingerprint density at radius 1 is 0.638 bits per heavy atom. The first-order chi connectivity index (χ1) is 22.8. The summed E-state index contributed by atoms with van der Waals surface area (Å²) in [5.41, 5.74) is 0. The Hall–Kier alpha value is -0.810. The van der Waals surface area contributed by atoms with E-state index >= 15 is 0 Å². The molecule has 7 unspecified atom stereocenters. The van der Waals surface area contributed by atoms with Gasteiger partial charge in [0.05, 0.1) is 25.4 Å². The summed E-state index contributed by atoms with van der Waals surface area (Å²) in [6, 6.07) is -0.707. The first kappa shape index (κ1) is 44.2. The van der Waals surface area contributed by atoms with Crippen LogP contribution < -0.4 is 5.32 Å². The van der Waals surface area contributed by atoms with E-state index in [0.29, 0.717) is 12.8 Å². The van der Waals surface area contributed by atoms with Crippen LogP contribution in [0.15, 0.2) is 0 Å². The number of aliphatic hydroxyl groups excluding tert-OH is 5. The Labute approximate surface area is 287 Å². The van der Waals surface area contributed by atoms with Gasteiger partial charge in [0.15, 0.2) is 6.29 Å². The highest BCUT2D eigenvalue weighted by molar-refractivity contribution is 5.76. The van der Waals surface area contributed by atoms with Gasteiger partial charge in [0.1, 0.15) is 24.4 Å². The van der Waals surface area contributed by atoms with Crippen molar-refractivity contribution >= 4 is 5.91 Å². The molecule has 0 saturated carbocycles. The summed E-state index contributed by atoms with van der Waals surface area (Å²) in [5.74, 6) is -0.149. The molecule has 0 aromatic heterocycles. The molecule has 9 heteroatoms. The van der Waals surface area contributed by atoms with Crippen LogP contribution in [0.3, 0.4) is 0 Å². The number of rotatable bonds is 32. The summed E-state index contributed by atoms with van der Waals surface area (Å²) in [7, 11) is 0. The second-order valence-corrected chi connectivity index (χ2v) is 14.1. The molecular formula is C38H75NO8. The van der Waals surface area contributed by atoms with Crippen LogP contribution in [0.1, 0.15) is 181 Å². The largest absolute Gasteiger partial charge is 0.394 e. The number of nitrogens with one attached hydrogen (secondary N) is 1. The molecule has 0 bridgehead atoms. The molecule has 7 atom stereocenters. The highest BCUT2D eigenvalue weighted by Gasteiger charge is 2.44. The Morgan fingerprint density at radius 2 is 1.06 bits per heavy atom. The lowest BCUT2D eigenvalue weighted by Crippen LogP contribution is -2.60. The van der Waals surface area contributed by atoms with Crippen LogP contribution >= 0.6 is 0 Å². The van der Waals surface area contributed by atoms with Crippen LogP contribution in [0.4, 0.5) is 0 Å². The molecule has 6 N–H and O–H groups in total. The van der Waals surface area contributed by atoms with Gasteiger partial charge in [-0.3, -0.25) is 4.79 Å². The van der Waals surface area contributed by atoms with E-state index in [2.05, 4.69) is 19.2 Å². The number of ether oxygens (including phenoxy) is 2. The van der Waals surface area contributed by atoms with E-state index in [9.17, 15) is 30.3 Å². The number of carbonyl (C=O) groups is 1. The highest BCUT2D eigenvalue weighted by Crippen LogP contribution is 2.23. The topological polar surface area (TPSA) is 149 Å². The van der Waals surface area contributed by atoms with E-state index in [-0.39, 0.29) is 12.5 Å². The van der Waals surface area contributed by atoms with Crippen LogP contribution in [0.25, 0.3) is 0 Å². The van der Waals surface area contributed by atoms with Crippen molar-refractivity contribution in [1.82, 2.24) is 5.32 Å². The van der Waals surface area contributed by atoms with E-state index in [0.717, 1.165) is 51.4 Å². The number of aliphatic hydroxyl groups is 5. The van der Waals surface area contributed by atoms with E-state index in [1.807, 2.05) is 0 Å². The van der Waals surface area contributed by atoms with E-state index in [1.165, 1.54) is 103 Å². The monoisotopic (exact) mass is 674 g/mol. The number of hydrogen-bond donors (Lipinski definition) is 6. The fourth-order valence-electron chi connectivity index (χ4n) is 6.45. The Morgan fingerprint density at radius 3 is 1.51 bits per heavy atom. The molecule has 0 aliphatic carbocycles. The third-order valence-electron chi connectivity index (χ3n) is 9.71. The van der Waals surface area contributed by atoms with Crippen molar-refractivity contribution in [2.75, 3.05) is 13.2 Å². The highest BCUT2D eigenvalue weighted by atomic mass is 16.7. The fraction of sp³-hybridized carbons (Fsp3) is 0.974. The van der Waals surface area contributed by atoms with Gasteiger partial charge in [0.2, 0.25) is 5.91 Å². The van der Waals surface area contributed by atoms with E-state index in [1.54, 1.807) is 0 Å². The molecule has 0 spiro atoms. The van der Waals surface area contributed by atoms with E-state index < -0.39 is 49.5 Å². The second kappa shape index (κ2) is 30.1. The molecular weight excluding hydrogens is 598 g/mol. The molecule has 1 aliphatic heterocycles. The fourth-order valence-corrected chi connectivity index (χ4v) is 6.45. The van der Waals surface area contributed by atoms with Crippen LogP contribution in [0.5, 0.6) is 0 Å². The molecule has 1 aliphatic rings. The Balaban J connectivity index is 2.22. The summed E-state index contributed by atoms with van der Waals surface area (Å²) < 4.78 is 11.1. The van der Waals surface area contributed by atoms with Gasteiger partial charge in [-0.15, -0.1) is 0 Å². The third kappa shape index (κ3) is 21.8. The van der Waals surface area contributed by atoms with Gasteiger partial charge in [0.25, 0.3) is 0 Å². The van der Waals surface area contributed by atoms with Crippen molar-refractivity contribution in [2.24, 2.45) is 0 Å². The van der Waals surface area contributed by atoms with Crippen molar-refractivity contribution in [3.8, 4) is 0 Å². The third-order valence-corrected chi connectivity index (χ3v) is 9.71. The first-order valence-corrected chi connectivity index (χ1v) is 19.7. The minimum atomic E-state index is -1.54. The Kier molecular flexibility index (Phi) is 28.3. The molecule has 1 saturated heterocycles.